The molecule has 7 nitrogen and oxygen atoms in total. The molecule has 182 valence electrons. The monoisotopic (exact) mass is 464 g/mol. The molecule has 7 heteroatoms. The largest absolute Gasteiger partial charge is 0.347 e. The first-order valence-electron chi connectivity index (χ1n) is 12.4. The zero-order chi connectivity index (χ0) is 24.1. The van der Waals surface area contributed by atoms with Crippen molar-refractivity contribution in [2.75, 3.05) is 52.4 Å². The van der Waals surface area contributed by atoms with E-state index in [2.05, 4.69) is 24.1 Å². The van der Waals surface area contributed by atoms with Crippen LogP contribution in [0.4, 0.5) is 0 Å². The second-order valence-corrected chi connectivity index (χ2v) is 9.99. The van der Waals surface area contributed by atoms with Crippen molar-refractivity contribution < 1.29 is 14.4 Å². The smallest absolute Gasteiger partial charge is 0.242 e. The van der Waals surface area contributed by atoms with Crippen LogP contribution in [0, 0.1) is 11.8 Å². The molecule has 2 heterocycles. The molecule has 2 aliphatic rings. The Hall–Kier alpha value is -2.93. The number of rotatable bonds is 6. The van der Waals surface area contributed by atoms with Crippen molar-refractivity contribution in [1.29, 1.82) is 0 Å². The fourth-order valence-electron chi connectivity index (χ4n) is 5.28. The van der Waals surface area contributed by atoms with Crippen LogP contribution in [0.1, 0.15) is 25.8 Å². The molecule has 1 N–H and O–H groups in total. The van der Waals surface area contributed by atoms with E-state index in [4.69, 9.17) is 0 Å². The minimum absolute atomic E-state index is 0.00604. The van der Waals surface area contributed by atoms with E-state index < -0.39 is 0 Å². The standard InChI is InChI=1S/C27H36N4O3/c1-20-14-21(2)18-31(17-20)27(34)19-29-10-12-30(13-11-29)26(33)16-28-25(32)15-23-8-5-7-22-6-3-4-9-24(22)23/h3-9,20-21H,10-19H2,1-2H3,(H,28,32). The van der Waals surface area contributed by atoms with Gasteiger partial charge in [-0.2, -0.15) is 0 Å². The molecule has 0 aromatic heterocycles. The molecular weight excluding hydrogens is 428 g/mol. The molecule has 2 unspecified atom stereocenters. The van der Waals surface area contributed by atoms with Gasteiger partial charge in [0.15, 0.2) is 0 Å². The molecule has 34 heavy (non-hydrogen) atoms. The summed E-state index contributed by atoms with van der Waals surface area (Å²) in [4.78, 5) is 43.8. The number of carbonyl (C=O) groups is 3. The summed E-state index contributed by atoms with van der Waals surface area (Å²) in [6, 6.07) is 13.9. The van der Waals surface area contributed by atoms with Gasteiger partial charge in [0.2, 0.25) is 17.7 Å². The van der Waals surface area contributed by atoms with Gasteiger partial charge in [-0.05, 0) is 34.6 Å². The Labute approximate surface area is 202 Å². The first kappa shape index (κ1) is 24.2. The Morgan fingerprint density at radius 1 is 0.853 bits per heavy atom. The molecule has 2 atom stereocenters. The summed E-state index contributed by atoms with van der Waals surface area (Å²) in [7, 11) is 0. The number of piperidine rings is 1. The van der Waals surface area contributed by atoms with Crippen molar-refractivity contribution >= 4 is 28.5 Å². The third-order valence-corrected chi connectivity index (χ3v) is 6.97. The summed E-state index contributed by atoms with van der Waals surface area (Å²) in [6.45, 7) is 9.06. The van der Waals surface area contributed by atoms with Crippen molar-refractivity contribution in [1.82, 2.24) is 20.0 Å². The Morgan fingerprint density at radius 3 is 2.26 bits per heavy atom. The highest BCUT2D eigenvalue weighted by Gasteiger charge is 2.28. The van der Waals surface area contributed by atoms with Gasteiger partial charge >= 0.3 is 0 Å². The normalized spacial score (nSPS) is 21.5. The average Bonchev–Trinajstić information content (AvgIpc) is 2.82. The molecule has 4 rings (SSSR count). The van der Waals surface area contributed by atoms with Crippen LogP contribution in [0.25, 0.3) is 10.8 Å². The van der Waals surface area contributed by atoms with E-state index in [9.17, 15) is 14.4 Å². The molecule has 0 radical (unpaired) electrons. The highest BCUT2D eigenvalue weighted by atomic mass is 16.2. The number of nitrogens with one attached hydrogen (secondary N) is 1. The quantitative estimate of drug-likeness (QED) is 0.711. The van der Waals surface area contributed by atoms with Crippen LogP contribution >= 0.6 is 0 Å². The first-order valence-corrected chi connectivity index (χ1v) is 12.4. The van der Waals surface area contributed by atoms with Gasteiger partial charge in [0.05, 0.1) is 19.5 Å². The molecule has 0 spiro atoms. The molecule has 2 aliphatic heterocycles. The number of likely N-dealkylation sites (tertiary alicyclic amines) is 1. The van der Waals surface area contributed by atoms with Crippen molar-refractivity contribution in [3.05, 3.63) is 48.0 Å². The van der Waals surface area contributed by atoms with E-state index in [1.807, 2.05) is 47.4 Å². The molecular formula is C27H36N4O3. The second-order valence-electron chi connectivity index (χ2n) is 9.99. The Bertz CT molecular complexity index is 1020. The van der Waals surface area contributed by atoms with Crippen LogP contribution in [-0.2, 0) is 20.8 Å². The van der Waals surface area contributed by atoms with E-state index in [1.165, 1.54) is 6.42 Å². The van der Waals surface area contributed by atoms with E-state index in [0.29, 0.717) is 44.6 Å². The minimum atomic E-state index is -0.154. The van der Waals surface area contributed by atoms with Gasteiger partial charge in [0.1, 0.15) is 0 Å². The fourth-order valence-corrected chi connectivity index (χ4v) is 5.28. The van der Waals surface area contributed by atoms with Gasteiger partial charge in [0.25, 0.3) is 0 Å². The van der Waals surface area contributed by atoms with Crippen LogP contribution in [0.5, 0.6) is 0 Å². The third kappa shape index (κ3) is 6.14. The first-order chi connectivity index (χ1) is 16.4. The van der Waals surface area contributed by atoms with E-state index in [-0.39, 0.29) is 30.7 Å². The Morgan fingerprint density at radius 2 is 1.53 bits per heavy atom. The molecule has 2 aromatic carbocycles. The lowest BCUT2D eigenvalue weighted by Crippen LogP contribution is -2.54. The fraction of sp³-hybridized carbons (Fsp3) is 0.519. The lowest BCUT2D eigenvalue weighted by Gasteiger charge is -2.38. The van der Waals surface area contributed by atoms with E-state index >= 15 is 0 Å². The molecule has 2 aromatic rings. The summed E-state index contributed by atoms with van der Waals surface area (Å²) < 4.78 is 0. The molecule has 0 bridgehead atoms. The summed E-state index contributed by atoms with van der Waals surface area (Å²) in [5.74, 6) is 1.07. The van der Waals surface area contributed by atoms with Crippen molar-refractivity contribution in [2.45, 2.75) is 26.7 Å². The zero-order valence-electron chi connectivity index (χ0n) is 20.3. The topological polar surface area (TPSA) is 73.0 Å². The lowest BCUT2D eigenvalue weighted by molar-refractivity contribution is -0.137. The van der Waals surface area contributed by atoms with Crippen molar-refractivity contribution in [2.24, 2.45) is 11.8 Å². The van der Waals surface area contributed by atoms with Crippen LogP contribution in [0.15, 0.2) is 42.5 Å². The Kier molecular flexibility index (Phi) is 7.83. The summed E-state index contributed by atoms with van der Waals surface area (Å²) >= 11 is 0. The summed E-state index contributed by atoms with van der Waals surface area (Å²) in [5, 5.41) is 4.95. The highest BCUT2D eigenvalue weighted by molar-refractivity contribution is 5.91. The SMILES string of the molecule is CC1CC(C)CN(C(=O)CN2CCN(C(=O)CNC(=O)Cc3cccc4ccccc34)CC2)C1. The maximum atomic E-state index is 12.7. The van der Waals surface area contributed by atoms with Crippen molar-refractivity contribution in [3.63, 3.8) is 0 Å². The van der Waals surface area contributed by atoms with Gasteiger partial charge in [-0.25, -0.2) is 0 Å². The maximum absolute atomic E-state index is 12.7. The number of nitrogens with zero attached hydrogens (tertiary/aromatic N) is 3. The minimum Gasteiger partial charge on any atom is -0.347 e. The molecule has 3 amide bonds. The lowest BCUT2D eigenvalue weighted by atomic mass is 9.92. The zero-order valence-corrected chi connectivity index (χ0v) is 20.3. The molecule has 2 fully saturated rings. The van der Waals surface area contributed by atoms with Gasteiger partial charge in [-0.15, -0.1) is 0 Å². The predicted octanol–water partition coefficient (Wildman–Crippen LogP) is 2.15. The van der Waals surface area contributed by atoms with Gasteiger partial charge in [0, 0.05) is 39.3 Å². The predicted molar refractivity (Wildman–Crippen MR) is 133 cm³/mol. The summed E-state index contributed by atoms with van der Waals surface area (Å²) in [5.41, 5.74) is 0.957. The number of amides is 3. The Balaban J connectivity index is 1.19. The molecule has 0 saturated carbocycles. The van der Waals surface area contributed by atoms with Crippen LogP contribution in [0.2, 0.25) is 0 Å². The van der Waals surface area contributed by atoms with Gasteiger partial charge in [-0.3, -0.25) is 19.3 Å². The number of piperazine rings is 1. The maximum Gasteiger partial charge on any atom is 0.242 e. The summed E-state index contributed by atoms with van der Waals surface area (Å²) in [6.07, 6.45) is 1.43. The van der Waals surface area contributed by atoms with Crippen LogP contribution < -0.4 is 5.32 Å². The van der Waals surface area contributed by atoms with Gasteiger partial charge < -0.3 is 15.1 Å². The van der Waals surface area contributed by atoms with Crippen LogP contribution in [-0.4, -0.2) is 84.8 Å². The van der Waals surface area contributed by atoms with E-state index in [1.54, 1.807) is 4.90 Å². The van der Waals surface area contributed by atoms with Crippen molar-refractivity contribution in [3.8, 4) is 0 Å². The number of hydrogen-bond donors (Lipinski definition) is 1. The van der Waals surface area contributed by atoms with E-state index in [0.717, 1.165) is 29.4 Å². The van der Waals surface area contributed by atoms with Crippen LogP contribution in [0.3, 0.4) is 0 Å². The second kappa shape index (κ2) is 11.0. The number of benzene rings is 2. The highest BCUT2D eigenvalue weighted by Crippen LogP contribution is 2.21. The third-order valence-electron chi connectivity index (χ3n) is 6.97. The van der Waals surface area contributed by atoms with Gasteiger partial charge in [-0.1, -0.05) is 56.3 Å². The molecule has 2 saturated heterocycles. The number of fused-ring (bicyclic) bond motifs is 1. The molecule has 0 aliphatic carbocycles. The number of hydrogen-bond acceptors (Lipinski definition) is 4. The number of carbonyl (C=O) groups excluding carboxylic acids is 3. The average molecular weight is 465 g/mol.